The second-order valence-electron chi connectivity index (χ2n) is 4.95. The highest BCUT2D eigenvalue weighted by atomic mass is 32.2. The molecule has 0 spiro atoms. The first-order valence-corrected chi connectivity index (χ1v) is 8.25. The van der Waals surface area contributed by atoms with Crippen LogP contribution in [0.5, 0.6) is 0 Å². The second kappa shape index (κ2) is 6.07. The van der Waals surface area contributed by atoms with E-state index in [-0.39, 0.29) is 10.5 Å². The van der Waals surface area contributed by atoms with Gasteiger partial charge in [0.1, 0.15) is 10.7 Å². The molecule has 0 aliphatic heterocycles. The summed E-state index contributed by atoms with van der Waals surface area (Å²) in [4.78, 5) is 4.25. The van der Waals surface area contributed by atoms with Gasteiger partial charge in [0.2, 0.25) is 10.0 Å². The van der Waals surface area contributed by atoms with E-state index >= 15 is 0 Å². The Morgan fingerprint density at radius 3 is 2.75 bits per heavy atom. The lowest BCUT2D eigenvalue weighted by atomic mass is 9.80. The first-order chi connectivity index (χ1) is 9.53. The van der Waals surface area contributed by atoms with Crippen molar-refractivity contribution in [2.45, 2.75) is 36.7 Å². The highest BCUT2D eigenvalue weighted by Crippen LogP contribution is 2.34. The van der Waals surface area contributed by atoms with Crippen LogP contribution in [-0.2, 0) is 14.8 Å². The normalized spacial score (nSPS) is 17.5. The highest BCUT2D eigenvalue weighted by Gasteiger charge is 2.38. The Bertz CT molecular complexity index is 550. The second-order valence-corrected chi connectivity index (χ2v) is 6.68. The molecule has 6 nitrogen and oxygen atoms in total. The van der Waals surface area contributed by atoms with Crippen molar-refractivity contribution in [2.75, 3.05) is 25.5 Å². The van der Waals surface area contributed by atoms with Crippen LogP contribution in [0.25, 0.3) is 0 Å². The third-order valence-electron chi connectivity index (χ3n) is 3.69. The third-order valence-corrected chi connectivity index (χ3v) is 5.12. The Kier molecular flexibility index (Phi) is 4.62. The molecule has 0 unspecified atom stereocenters. The Labute approximate surface area is 120 Å². The fraction of sp³-hybridized carbons (Fsp3) is 0.615. The van der Waals surface area contributed by atoms with Gasteiger partial charge in [0, 0.05) is 26.4 Å². The van der Waals surface area contributed by atoms with E-state index in [4.69, 9.17) is 4.74 Å². The van der Waals surface area contributed by atoms with Crippen LogP contribution < -0.4 is 10.0 Å². The molecule has 1 aliphatic rings. The predicted molar refractivity (Wildman–Crippen MR) is 77.2 cm³/mol. The minimum Gasteiger partial charge on any atom is -0.377 e. The molecule has 0 atom stereocenters. The smallest absolute Gasteiger partial charge is 0.244 e. The Morgan fingerprint density at radius 1 is 1.45 bits per heavy atom. The van der Waals surface area contributed by atoms with Crippen molar-refractivity contribution >= 4 is 15.8 Å². The molecule has 0 saturated heterocycles. The summed E-state index contributed by atoms with van der Waals surface area (Å²) in [6.45, 7) is 2.81. The summed E-state index contributed by atoms with van der Waals surface area (Å²) < 4.78 is 32.8. The molecule has 1 aliphatic carbocycles. The third kappa shape index (κ3) is 3.11. The lowest BCUT2D eigenvalue weighted by molar-refractivity contribution is -0.0659. The van der Waals surface area contributed by atoms with Crippen molar-refractivity contribution in [1.29, 1.82) is 0 Å². The largest absolute Gasteiger partial charge is 0.377 e. The number of anilines is 1. The first kappa shape index (κ1) is 15.2. The fourth-order valence-corrected chi connectivity index (χ4v) is 3.48. The molecule has 7 heteroatoms. The van der Waals surface area contributed by atoms with E-state index < -0.39 is 10.0 Å². The minimum absolute atomic E-state index is 0.174. The summed E-state index contributed by atoms with van der Waals surface area (Å²) >= 11 is 0. The Hall–Kier alpha value is -1.18. The fourth-order valence-electron chi connectivity index (χ4n) is 2.24. The molecule has 0 amide bonds. The van der Waals surface area contributed by atoms with Crippen molar-refractivity contribution in [3.63, 3.8) is 0 Å². The Balaban J connectivity index is 2.14. The molecule has 1 saturated carbocycles. The number of hydrogen-bond donors (Lipinski definition) is 2. The average molecular weight is 299 g/mol. The number of nitrogens with zero attached hydrogens (tertiary/aromatic N) is 1. The van der Waals surface area contributed by atoms with Gasteiger partial charge in [-0.25, -0.2) is 18.1 Å². The number of rotatable bonds is 7. The lowest BCUT2D eigenvalue weighted by Crippen LogP contribution is -2.49. The summed E-state index contributed by atoms with van der Waals surface area (Å²) in [6.07, 6.45) is 4.42. The van der Waals surface area contributed by atoms with Crippen LogP contribution in [0, 0.1) is 0 Å². The van der Waals surface area contributed by atoms with Gasteiger partial charge in [-0.15, -0.1) is 0 Å². The number of sulfonamides is 1. The zero-order valence-corrected chi connectivity index (χ0v) is 12.7. The monoisotopic (exact) mass is 299 g/mol. The summed E-state index contributed by atoms with van der Waals surface area (Å²) in [5.41, 5.74) is -0.340. The average Bonchev–Trinajstić information content (AvgIpc) is 2.39. The topological polar surface area (TPSA) is 80.3 Å². The van der Waals surface area contributed by atoms with Crippen LogP contribution in [0.3, 0.4) is 0 Å². The van der Waals surface area contributed by atoms with E-state index in [9.17, 15) is 8.42 Å². The lowest BCUT2D eigenvalue weighted by Gasteiger charge is -2.40. The molecule has 1 aromatic heterocycles. The molecular weight excluding hydrogens is 278 g/mol. The molecule has 1 aromatic rings. The van der Waals surface area contributed by atoms with E-state index in [0.717, 1.165) is 19.3 Å². The Morgan fingerprint density at radius 2 is 2.20 bits per heavy atom. The summed E-state index contributed by atoms with van der Waals surface area (Å²) in [6, 6.07) is 3.17. The summed E-state index contributed by atoms with van der Waals surface area (Å²) in [5, 5.41) is 2.96. The van der Waals surface area contributed by atoms with Gasteiger partial charge in [-0.2, -0.15) is 0 Å². The summed E-state index contributed by atoms with van der Waals surface area (Å²) in [5.74, 6) is 0.377. The minimum atomic E-state index is -3.59. The molecule has 2 rings (SSSR count). The van der Waals surface area contributed by atoms with Gasteiger partial charge in [-0.1, -0.05) is 0 Å². The molecule has 2 N–H and O–H groups in total. The zero-order chi connectivity index (χ0) is 14.6. The van der Waals surface area contributed by atoms with E-state index in [1.807, 2.05) is 6.92 Å². The number of hydrogen-bond acceptors (Lipinski definition) is 5. The van der Waals surface area contributed by atoms with Crippen molar-refractivity contribution < 1.29 is 13.2 Å². The maximum absolute atomic E-state index is 12.4. The first-order valence-electron chi connectivity index (χ1n) is 6.77. The van der Waals surface area contributed by atoms with Crippen molar-refractivity contribution in [2.24, 2.45) is 0 Å². The van der Waals surface area contributed by atoms with Crippen LogP contribution in [0.15, 0.2) is 23.2 Å². The van der Waals surface area contributed by atoms with Crippen LogP contribution in [0.4, 0.5) is 5.82 Å². The molecule has 1 heterocycles. The zero-order valence-electron chi connectivity index (χ0n) is 11.8. The predicted octanol–water partition coefficient (Wildman–Crippen LogP) is 1.36. The molecule has 20 heavy (non-hydrogen) atoms. The molecule has 112 valence electrons. The van der Waals surface area contributed by atoms with E-state index in [1.165, 1.54) is 0 Å². The molecule has 1 fully saturated rings. The van der Waals surface area contributed by atoms with Gasteiger partial charge in [-0.3, -0.25) is 0 Å². The SMILES string of the molecule is CCNc1ncccc1S(=O)(=O)NCC1(OC)CCC1. The quantitative estimate of drug-likeness (QED) is 0.794. The van der Waals surface area contributed by atoms with Crippen LogP contribution in [-0.4, -0.2) is 39.2 Å². The van der Waals surface area contributed by atoms with Crippen molar-refractivity contribution in [3.8, 4) is 0 Å². The molecule has 0 aromatic carbocycles. The number of methoxy groups -OCH3 is 1. The molecule has 0 bridgehead atoms. The van der Waals surface area contributed by atoms with Gasteiger partial charge >= 0.3 is 0 Å². The number of pyridine rings is 1. The standard InChI is InChI=1S/C13H21N3O3S/c1-3-14-12-11(6-4-9-15-12)20(17,18)16-10-13(19-2)7-5-8-13/h4,6,9,16H,3,5,7-8,10H2,1-2H3,(H,14,15). The maximum atomic E-state index is 12.4. The number of nitrogens with one attached hydrogen (secondary N) is 2. The van der Waals surface area contributed by atoms with Gasteiger partial charge in [0.15, 0.2) is 0 Å². The van der Waals surface area contributed by atoms with Gasteiger partial charge < -0.3 is 10.1 Å². The van der Waals surface area contributed by atoms with Crippen LogP contribution in [0.1, 0.15) is 26.2 Å². The van der Waals surface area contributed by atoms with Crippen LogP contribution >= 0.6 is 0 Å². The van der Waals surface area contributed by atoms with Gasteiger partial charge in [-0.05, 0) is 38.3 Å². The molecule has 0 radical (unpaired) electrons. The number of aromatic nitrogens is 1. The maximum Gasteiger partial charge on any atom is 0.244 e. The van der Waals surface area contributed by atoms with Crippen molar-refractivity contribution in [3.05, 3.63) is 18.3 Å². The number of ether oxygens (including phenoxy) is 1. The van der Waals surface area contributed by atoms with E-state index in [0.29, 0.717) is 18.9 Å². The van der Waals surface area contributed by atoms with E-state index in [2.05, 4.69) is 15.0 Å². The van der Waals surface area contributed by atoms with Crippen molar-refractivity contribution in [1.82, 2.24) is 9.71 Å². The van der Waals surface area contributed by atoms with Crippen LogP contribution in [0.2, 0.25) is 0 Å². The van der Waals surface area contributed by atoms with E-state index in [1.54, 1.807) is 25.4 Å². The van der Waals surface area contributed by atoms with Gasteiger partial charge in [0.05, 0.1) is 5.60 Å². The van der Waals surface area contributed by atoms with Gasteiger partial charge in [0.25, 0.3) is 0 Å². The highest BCUT2D eigenvalue weighted by molar-refractivity contribution is 7.89. The summed E-state index contributed by atoms with van der Waals surface area (Å²) in [7, 11) is -1.96. The molecular formula is C13H21N3O3S.